The van der Waals surface area contributed by atoms with Gasteiger partial charge >= 0.3 is 0 Å². The fourth-order valence-electron chi connectivity index (χ4n) is 4.26. The highest BCUT2D eigenvalue weighted by molar-refractivity contribution is 7.80. The predicted octanol–water partition coefficient (Wildman–Crippen LogP) is 8.32. The SMILES string of the molecule is S=C(Nc1ccc(-c2ccccc2)nn1)Nc1ccccc1Nc1cccn2c(-c3ccc(Cl)c(Cl)c3)cnc12. The number of rotatable bonds is 6. The zero-order chi connectivity index (χ0) is 27.5. The van der Waals surface area contributed by atoms with Gasteiger partial charge in [0.1, 0.15) is 0 Å². The molecular formula is C30H21Cl2N7S. The Bertz CT molecular complexity index is 1820. The number of nitrogens with one attached hydrogen (secondary N) is 3. The monoisotopic (exact) mass is 581 g/mol. The molecule has 3 aromatic heterocycles. The first-order valence-corrected chi connectivity index (χ1v) is 13.5. The van der Waals surface area contributed by atoms with Crippen LogP contribution in [0.5, 0.6) is 0 Å². The van der Waals surface area contributed by atoms with Crippen molar-refractivity contribution in [1.82, 2.24) is 19.6 Å². The minimum absolute atomic E-state index is 0.386. The Balaban J connectivity index is 1.20. The van der Waals surface area contributed by atoms with Crippen molar-refractivity contribution in [2.75, 3.05) is 16.0 Å². The molecule has 0 aliphatic carbocycles. The lowest BCUT2D eigenvalue weighted by atomic mass is 10.1. The molecule has 6 aromatic rings. The first kappa shape index (κ1) is 25.8. The van der Waals surface area contributed by atoms with E-state index in [1.807, 2.05) is 108 Å². The maximum Gasteiger partial charge on any atom is 0.176 e. The van der Waals surface area contributed by atoms with Crippen molar-refractivity contribution < 1.29 is 0 Å². The quantitative estimate of drug-likeness (QED) is 0.171. The number of pyridine rings is 1. The number of benzene rings is 3. The number of hydrogen-bond donors (Lipinski definition) is 3. The van der Waals surface area contributed by atoms with Crippen molar-refractivity contribution in [2.45, 2.75) is 0 Å². The Labute approximate surface area is 245 Å². The van der Waals surface area contributed by atoms with Crippen LogP contribution in [0.3, 0.4) is 0 Å². The summed E-state index contributed by atoms with van der Waals surface area (Å²) in [6.45, 7) is 0. The van der Waals surface area contributed by atoms with E-state index in [-0.39, 0.29) is 0 Å². The molecule has 40 heavy (non-hydrogen) atoms. The summed E-state index contributed by atoms with van der Waals surface area (Å²) in [7, 11) is 0. The molecule has 7 nitrogen and oxygen atoms in total. The topological polar surface area (TPSA) is 79.2 Å². The van der Waals surface area contributed by atoms with Gasteiger partial charge in [-0.3, -0.25) is 4.40 Å². The van der Waals surface area contributed by atoms with Gasteiger partial charge in [0, 0.05) is 17.3 Å². The number of hydrogen-bond acceptors (Lipinski definition) is 5. The van der Waals surface area contributed by atoms with E-state index in [2.05, 4.69) is 31.1 Å². The van der Waals surface area contributed by atoms with Crippen molar-refractivity contribution in [3.8, 4) is 22.5 Å². The molecule has 0 radical (unpaired) electrons. The van der Waals surface area contributed by atoms with Crippen LogP contribution < -0.4 is 16.0 Å². The average Bonchev–Trinajstić information content (AvgIpc) is 3.42. The number of nitrogens with zero attached hydrogens (tertiary/aromatic N) is 4. The lowest BCUT2D eigenvalue weighted by molar-refractivity contribution is 1.05. The summed E-state index contributed by atoms with van der Waals surface area (Å²) in [6, 6.07) is 30.9. The maximum atomic E-state index is 6.26. The molecule has 0 atom stereocenters. The minimum atomic E-state index is 0.386. The van der Waals surface area contributed by atoms with Gasteiger partial charge in [-0.1, -0.05) is 71.7 Å². The Kier molecular flexibility index (Phi) is 7.29. The van der Waals surface area contributed by atoms with Crippen LogP contribution in [0.4, 0.5) is 22.9 Å². The van der Waals surface area contributed by atoms with Gasteiger partial charge in [0.25, 0.3) is 0 Å². The Morgan fingerprint density at radius 1 is 0.700 bits per heavy atom. The Morgan fingerprint density at radius 3 is 2.25 bits per heavy atom. The second-order valence-corrected chi connectivity index (χ2v) is 10.0. The third-order valence-electron chi connectivity index (χ3n) is 6.17. The molecule has 0 fully saturated rings. The van der Waals surface area contributed by atoms with Crippen molar-refractivity contribution in [1.29, 1.82) is 0 Å². The molecule has 0 amide bonds. The molecule has 3 heterocycles. The molecule has 0 saturated heterocycles. The van der Waals surface area contributed by atoms with Gasteiger partial charge in [-0.2, -0.15) is 0 Å². The number of thiocarbonyl (C=S) groups is 1. The van der Waals surface area contributed by atoms with E-state index >= 15 is 0 Å². The summed E-state index contributed by atoms with van der Waals surface area (Å²) in [5, 5.41) is 19.8. The van der Waals surface area contributed by atoms with Crippen molar-refractivity contribution in [3.05, 3.63) is 120 Å². The maximum absolute atomic E-state index is 6.26. The van der Waals surface area contributed by atoms with Gasteiger partial charge < -0.3 is 16.0 Å². The van der Waals surface area contributed by atoms with E-state index in [4.69, 9.17) is 35.4 Å². The molecule has 0 spiro atoms. The summed E-state index contributed by atoms with van der Waals surface area (Å²) in [4.78, 5) is 4.67. The van der Waals surface area contributed by atoms with Gasteiger partial charge in [0.05, 0.1) is 44.7 Å². The fraction of sp³-hybridized carbons (Fsp3) is 0. The second kappa shape index (κ2) is 11.3. The van der Waals surface area contributed by atoms with Gasteiger partial charge in [-0.15, -0.1) is 10.2 Å². The van der Waals surface area contributed by atoms with Gasteiger partial charge in [-0.05, 0) is 60.7 Å². The number of imidazole rings is 1. The largest absolute Gasteiger partial charge is 0.351 e. The van der Waals surface area contributed by atoms with Crippen LogP contribution in [0.1, 0.15) is 0 Å². The molecule has 0 aliphatic heterocycles. The standard InChI is InChI=1S/C30H21Cl2N7S/c31-21-13-12-20(17-22(21)32)27-18-33-29-26(11-6-16-39(27)29)34-24-9-4-5-10-25(24)35-30(40)36-28-15-14-23(37-38-28)19-7-2-1-3-8-19/h1-18,34H,(H2,35,36,38,40). The van der Waals surface area contributed by atoms with E-state index in [0.29, 0.717) is 21.0 Å². The average molecular weight is 583 g/mol. The summed E-state index contributed by atoms with van der Waals surface area (Å²) < 4.78 is 2.00. The van der Waals surface area contributed by atoms with Gasteiger partial charge in [0.2, 0.25) is 0 Å². The first-order valence-electron chi connectivity index (χ1n) is 12.3. The molecule has 196 valence electrons. The van der Waals surface area contributed by atoms with Crippen LogP contribution in [0.15, 0.2) is 109 Å². The molecule has 3 aromatic carbocycles. The summed E-state index contributed by atoms with van der Waals surface area (Å²) in [6.07, 6.45) is 3.77. The molecule has 3 N–H and O–H groups in total. The lowest BCUT2D eigenvalue weighted by Gasteiger charge is -2.15. The number of anilines is 4. The van der Waals surface area contributed by atoms with Gasteiger partial charge in [-0.25, -0.2) is 4.98 Å². The molecule has 6 rings (SSSR count). The number of aromatic nitrogens is 4. The van der Waals surface area contributed by atoms with Crippen molar-refractivity contribution in [2.24, 2.45) is 0 Å². The molecule has 0 bridgehead atoms. The predicted molar refractivity (Wildman–Crippen MR) is 168 cm³/mol. The third-order valence-corrected chi connectivity index (χ3v) is 7.11. The zero-order valence-corrected chi connectivity index (χ0v) is 23.2. The van der Waals surface area contributed by atoms with E-state index in [1.54, 1.807) is 6.07 Å². The van der Waals surface area contributed by atoms with Crippen LogP contribution in [0, 0.1) is 0 Å². The number of halogens is 2. The highest BCUT2D eigenvalue weighted by Crippen LogP contribution is 2.32. The van der Waals surface area contributed by atoms with E-state index < -0.39 is 0 Å². The van der Waals surface area contributed by atoms with Crippen LogP contribution in [-0.2, 0) is 0 Å². The summed E-state index contributed by atoms with van der Waals surface area (Å²) in [5.41, 5.74) is 6.79. The molecule has 10 heteroatoms. The Morgan fingerprint density at radius 2 is 1.48 bits per heavy atom. The molecule has 0 aliphatic rings. The van der Waals surface area contributed by atoms with Gasteiger partial charge in [0.15, 0.2) is 16.6 Å². The molecule has 0 saturated carbocycles. The fourth-order valence-corrected chi connectivity index (χ4v) is 4.77. The third kappa shape index (κ3) is 5.46. The second-order valence-electron chi connectivity index (χ2n) is 8.81. The zero-order valence-electron chi connectivity index (χ0n) is 20.8. The first-order chi connectivity index (χ1) is 19.5. The van der Waals surface area contributed by atoms with E-state index in [0.717, 1.165) is 45.2 Å². The smallest absolute Gasteiger partial charge is 0.176 e. The van der Waals surface area contributed by atoms with E-state index in [9.17, 15) is 0 Å². The highest BCUT2D eigenvalue weighted by Gasteiger charge is 2.13. The summed E-state index contributed by atoms with van der Waals surface area (Å²) in [5.74, 6) is 0.541. The molecule has 0 unspecified atom stereocenters. The van der Waals surface area contributed by atoms with Crippen LogP contribution in [0.25, 0.3) is 28.2 Å². The van der Waals surface area contributed by atoms with Crippen molar-refractivity contribution in [3.63, 3.8) is 0 Å². The normalized spacial score (nSPS) is 10.8. The highest BCUT2D eigenvalue weighted by atomic mass is 35.5. The summed E-state index contributed by atoms with van der Waals surface area (Å²) >= 11 is 17.9. The number of fused-ring (bicyclic) bond motifs is 1. The lowest BCUT2D eigenvalue weighted by Crippen LogP contribution is -2.20. The van der Waals surface area contributed by atoms with E-state index in [1.165, 1.54) is 0 Å². The molecular weight excluding hydrogens is 561 g/mol. The van der Waals surface area contributed by atoms with Crippen LogP contribution >= 0.6 is 35.4 Å². The van der Waals surface area contributed by atoms with Crippen molar-refractivity contribution >= 4 is 69.1 Å². The van der Waals surface area contributed by atoms with Crippen LogP contribution in [0.2, 0.25) is 10.0 Å². The number of para-hydroxylation sites is 2. The minimum Gasteiger partial charge on any atom is -0.351 e. The van der Waals surface area contributed by atoms with Crippen LogP contribution in [-0.4, -0.2) is 24.7 Å². The Hall–Kier alpha value is -4.50.